The molecule has 6 nitrogen and oxygen atoms in total. The summed E-state index contributed by atoms with van der Waals surface area (Å²) in [6, 6.07) is 51.9. The van der Waals surface area contributed by atoms with E-state index >= 15 is 0 Å². The van der Waals surface area contributed by atoms with E-state index in [4.69, 9.17) is 5.03 Å². The number of hydrogen-bond donors (Lipinski definition) is 0. The van der Waals surface area contributed by atoms with Gasteiger partial charge in [0, 0.05) is 0 Å². The fourth-order valence-corrected chi connectivity index (χ4v) is 18.2. The fraction of sp³-hybridized carbons (Fsp3) is 0.0526. The number of hydrogen-bond acceptors (Lipinski definition) is 6. The van der Waals surface area contributed by atoms with Crippen LogP contribution in [-0.2, 0) is 25.3 Å². The molecule has 0 aliphatic heterocycles. The van der Waals surface area contributed by atoms with Crippen LogP contribution in [0.2, 0.25) is 0 Å². The summed E-state index contributed by atoms with van der Waals surface area (Å²) in [5, 5.41) is 0. The van der Waals surface area contributed by atoms with Crippen LogP contribution in [0.15, 0.2) is 180 Å². The zero-order valence-electron chi connectivity index (χ0n) is 26.2. The number of aryl methyl sites for hydroxylation is 2. The zero-order valence-corrected chi connectivity index (χ0v) is 32.1. The molecule has 0 saturated heterocycles. The molecule has 248 valence electrons. The van der Waals surface area contributed by atoms with Crippen molar-refractivity contribution < 1.29 is 21.9 Å². The topological polar surface area (TPSA) is 86.7 Å². The minimum absolute atomic E-state index is 0.197. The molecule has 0 amide bonds. The summed E-state index contributed by atoms with van der Waals surface area (Å²) in [5.74, 6) is 0. The quantitative estimate of drug-likeness (QED) is 0.127. The van der Waals surface area contributed by atoms with Gasteiger partial charge in [-0.1, -0.05) is 0 Å². The molecule has 6 aromatic carbocycles. The van der Waals surface area contributed by atoms with Crippen molar-refractivity contribution in [3.8, 4) is 0 Å². The van der Waals surface area contributed by atoms with E-state index in [9.17, 15) is 16.8 Å². The standard InChI is InChI=1S/2C19H17IO3S/c2*1-16-12-14-19(15-13-16)24(21,22)23-20(17-8-4-2-5-9-17)18-10-6-3-7-11-18/h2*2-15H,1H3. The van der Waals surface area contributed by atoms with Crippen LogP contribution in [0.1, 0.15) is 11.1 Å². The molecule has 0 atom stereocenters. The van der Waals surface area contributed by atoms with Crippen LogP contribution in [-0.4, -0.2) is 16.8 Å². The predicted molar refractivity (Wildman–Crippen MR) is 207 cm³/mol. The zero-order chi connectivity index (χ0) is 34.0. The first-order chi connectivity index (χ1) is 23.1. The molecule has 0 saturated carbocycles. The third-order valence-corrected chi connectivity index (χ3v) is 21.3. The third kappa shape index (κ3) is 9.83. The molecule has 0 radical (unpaired) electrons. The Morgan fingerprint density at radius 2 is 0.583 bits per heavy atom. The van der Waals surface area contributed by atoms with Gasteiger partial charge in [0.25, 0.3) is 0 Å². The SMILES string of the molecule is Cc1ccc(S(=O)(=O)OI(c2ccccc2)c2ccccc2)cc1.Cc1ccc(S(=O)(=O)OI(c2ccccc2)c2ccccc2)cc1. The maximum atomic E-state index is 12.7. The Morgan fingerprint density at radius 1 is 0.354 bits per heavy atom. The van der Waals surface area contributed by atoms with Crippen molar-refractivity contribution in [2.45, 2.75) is 23.6 Å². The second-order valence-electron chi connectivity index (χ2n) is 10.3. The van der Waals surface area contributed by atoms with Crippen molar-refractivity contribution in [2.75, 3.05) is 0 Å². The summed E-state index contributed by atoms with van der Waals surface area (Å²) >= 11 is -5.12. The summed E-state index contributed by atoms with van der Waals surface area (Å²) < 4.78 is 66.2. The molecule has 0 aliphatic carbocycles. The molecule has 0 aliphatic rings. The van der Waals surface area contributed by atoms with Gasteiger partial charge in [0.15, 0.2) is 0 Å². The van der Waals surface area contributed by atoms with E-state index in [1.165, 1.54) is 0 Å². The van der Waals surface area contributed by atoms with Crippen LogP contribution in [0.3, 0.4) is 0 Å². The minimum atomic E-state index is -3.80. The normalized spacial score (nSPS) is 12.0. The number of halogens is 2. The van der Waals surface area contributed by atoms with E-state index in [0.29, 0.717) is 0 Å². The monoisotopic (exact) mass is 904 g/mol. The second kappa shape index (κ2) is 16.8. The van der Waals surface area contributed by atoms with Gasteiger partial charge < -0.3 is 0 Å². The molecule has 0 fully saturated rings. The van der Waals surface area contributed by atoms with E-state index in [-0.39, 0.29) is 9.79 Å². The second-order valence-corrected chi connectivity index (χ2v) is 23.3. The van der Waals surface area contributed by atoms with E-state index in [1.807, 2.05) is 135 Å². The molecule has 0 spiro atoms. The van der Waals surface area contributed by atoms with Crippen molar-refractivity contribution in [3.05, 3.63) is 195 Å². The van der Waals surface area contributed by atoms with Crippen LogP contribution in [0.25, 0.3) is 0 Å². The van der Waals surface area contributed by atoms with Crippen LogP contribution in [0.5, 0.6) is 0 Å². The van der Waals surface area contributed by atoms with Crippen LogP contribution < -0.4 is 0 Å². The Hall–Kier alpha value is -3.40. The van der Waals surface area contributed by atoms with Crippen molar-refractivity contribution >= 4 is 60.7 Å². The molecule has 10 heteroatoms. The summed E-state index contributed by atoms with van der Waals surface area (Å²) in [4.78, 5) is 0.393. The Bertz CT molecular complexity index is 1860. The Balaban J connectivity index is 0.000000188. The van der Waals surface area contributed by atoms with Crippen LogP contribution >= 0.6 is 40.5 Å². The first kappa shape index (κ1) is 35.9. The van der Waals surface area contributed by atoms with Gasteiger partial charge >= 0.3 is 301 Å². The van der Waals surface area contributed by atoms with Gasteiger partial charge in [-0.05, 0) is 0 Å². The van der Waals surface area contributed by atoms with E-state index in [0.717, 1.165) is 25.4 Å². The molecule has 6 aromatic rings. The molecule has 48 heavy (non-hydrogen) atoms. The van der Waals surface area contributed by atoms with Gasteiger partial charge in [0.1, 0.15) is 0 Å². The van der Waals surface area contributed by atoms with Gasteiger partial charge in [-0.3, -0.25) is 0 Å². The van der Waals surface area contributed by atoms with Crippen molar-refractivity contribution in [1.82, 2.24) is 0 Å². The molecule has 0 bridgehead atoms. The van der Waals surface area contributed by atoms with Crippen molar-refractivity contribution in [1.29, 1.82) is 0 Å². The molecule has 0 heterocycles. The van der Waals surface area contributed by atoms with Gasteiger partial charge in [-0.25, -0.2) is 0 Å². The van der Waals surface area contributed by atoms with Crippen LogP contribution in [0.4, 0.5) is 0 Å². The Kier molecular flexibility index (Phi) is 12.6. The summed E-state index contributed by atoms with van der Waals surface area (Å²) in [6.45, 7) is 3.84. The maximum absolute atomic E-state index is 12.7. The van der Waals surface area contributed by atoms with Gasteiger partial charge in [0.2, 0.25) is 0 Å². The van der Waals surface area contributed by atoms with Gasteiger partial charge in [0.05, 0.1) is 0 Å². The fourth-order valence-electron chi connectivity index (χ4n) is 4.16. The number of benzene rings is 6. The van der Waals surface area contributed by atoms with Crippen LogP contribution in [0, 0.1) is 28.1 Å². The van der Waals surface area contributed by atoms with Crippen molar-refractivity contribution in [2.24, 2.45) is 0 Å². The first-order valence-corrected chi connectivity index (χ1v) is 23.7. The van der Waals surface area contributed by atoms with Gasteiger partial charge in [-0.2, -0.15) is 0 Å². The van der Waals surface area contributed by atoms with Crippen molar-refractivity contribution in [3.63, 3.8) is 0 Å². The molecular formula is C38H34I2O6S2. The summed E-state index contributed by atoms with van der Waals surface area (Å²) in [6.07, 6.45) is 0. The molecular weight excluding hydrogens is 870 g/mol. The predicted octanol–water partition coefficient (Wildman–Crippen LogP) is 9.72. The Morgan fingerprint density at radius 3 is 0.812 bits per heavy atom. The average Bonchev–Trinajstić information content (AvgIpc) is 3.12. The molecule has 0 N–H and O–H groups in total. The van der Waals surface area contributed by atoms with Gasteiger partial charge in [-0.15, -0.1) is 0 Å². The van der Waals surface area contributed by atoms with E-state index in [2.05, 4.69) is 0 Å². The molecule has 6 rings (SSSR count). The summed E-state index contributed by atoms with van der Waals surface area (Å²) in [5.41, 5.74) is 2.02. The number of rotatable bonds is 10. The summed E-state index contributed by atoms with van der Waals surface area (Å²) in [7, 11) is -7.61. The molecule has 0 aromatic heterocycles. The van der Waals surface area contributed by atoms with E-state index in [1.54, 1.807) is 48.5 Å². The first-order valence-electron chi connectivity index (χ1n) is 14.8. The third-order valence-electron chi connectivity index (χ3n) is 6.64. The average molecular weight is 905 g/mol. The molecule has 0 unspecified atom stereocenters. The van der Waals surface area contributed by atoms with E-state index < -0.39 is 60.7 Å². The Labute approximate surface area is 298 Å².